The van der Waals surface area contributed by atoms with E-state index in [1.807, 2.05) is 0 Å². The van der Waals surface area contributed by atoms with Gasteiger partial charge in [-0.2, -0.15) is 0 Å². The molecule has 1 aliphatic heterocycles. The summed E-state index contributed by atoms with van der Waals surface area (Å²) < 4.78 is 0. The van der Waals surface area contributed by atoms with Crippen LogP contribution < -0.4 is 5.73 Å². The zero-order valence-corrected chi connectivity index (χ0v) is 12.6. The van der Waals surface area contributed by atoms with Gasteiger partial charge in [-0.3, -0.25) is 4.90 Å². The number of likely N-dealkylation sites (N-methyl/N-ethyl adjacent to an activating group) is 2. The topological polar surface area (TPSA) is 45.4 Å². The van der Waals surface area contributed by atoms with E-state index in [9.17, 15) is 0 Å². The second-order valence-corrected chi connectivity index (χ2v) is 6.72. The summed E-state index contributed by atoms with van der Waals surface area (Å²) in [5.74, 6) is 0. The highest BCUT2D eigenvalue weighted by molar-refractivity contribution is 7.11. The first kappa shape index (κ1) is 13.9. The van der Waals surface area contributed by atoms with Gasteiger partial charge >= 0.3 is 0 Å². The van der Waals surface area contributed by atoms with E-state index >= 15 is 0 Å². The highest BCUT2D eigenvalue weighted by atomic mass is 32.1. The molecule has 1 aromatic rings. The molecule has 1 aliphatic rings. The Kier molecular flexibility index (Phi) is 4.37. The van der Waals surface area contributed by atoms with Crippen molar-refractivity contribution >= 4 is 11.3 Å². The lowest BCUT2D eigenvalue weighted by atomic mass is 10.0. The van der Waals surface area contributed by atoms with Crippen LogP contribution in [0.1, 0.15) is 15.6 Å². The maximum absolute atomic E-state index is 6.39. The normalized spacial score (nSPS) is 24.4. The highest BCUT2D eigenvalue weighted by Crippen LogP contribution is 2.19. The Morgan fingerprint density at radius 2 is 2.11 bits per heavy atom. The van der Waals surface area contributed by atoms with Crippen molar-refractivity contribution < 1.29 is 0 Å². The van der Waals surface area contributed by atoms with Gasteiger partial charge in [0.1, 0.15) is 0 Å². The fourth-order valence-corrected chi connectivity index (χ4v) is 3.48. The molecular weight excluding hydrogens is 244 g/mol. The van der Waals surface area contributed by atoms with Crippen LogP contribution in [0.4, 0.5) is 0 Å². The first-order chi connectivity index (χ1) is 8.47. The molecule has 0 aromatic carbocycles. The lowest BCUT2D eigenvalue weighted by Gasteiger charge is -2.40. The van der Waals surface area contributed by atoms with E-state index in [0.717, 1.165) is 31.7 Å². The Labute approximate surface area is 114 Å². The molecule has 0 amide bonds. The maximum Gasteiger partial charge on any atom is 0.0946 e. The molecule has 2 unspecified atom stereocenters. The molecule has 2 N–H and O–H groups in total. The second-order valence-electron chi connectivity index (χ2n) is 5.43. The van der Waals surface area contributed by atoms with E-state index in [0.29, 0.717) is 6.04 Å². The molecule has 1 fully saturated rings. The number of thiazole rings is 1. The SMILES string of the molecule is Cc1nc(CC(N)C2CN(C)CCN2C)sc1C. The van der Waals surface area contributed by atoms with Gasteiger partial charge in [0.2, 0.25) is 0 Å². The van der Waals surface area contributed by atoms with Crippen molar-refractivity contribution in [2.24, 2.45) is 5.73 Å². The average Bonchev–Trinajstić information content (AvgIpc) is 2.61. The fraction of sp³-hybridized carbons (Fsp3) is 0.769. The van der Waals surface area contributed by atoms with Crippen LogP contribution in [0.15, 0.2) is 0 Å². The van der Waals surface area contributed by atoms with E-state index in [2.05, 4.69) is 42.7 Å². The third-order valence-electron chi connectivity index (χ3n) is 3.88. The summed E-state index contributed by atoms with van der Waals surface area (Å²) in [5, 5.41) is 1.18. The number of piperazine rings is 1. The second kappa shape index (κ2) is 5.65. The molecule has 0 aliphatic carbocycles. The molecule has 102 valence electrons. The van der Waals surface area contributed by atoms with E-state index in [-0.39, 0.29) is 6.04 Å². The Morgan fingerprint density at radius 3 is 2.72 bits per heavy atom. The van der Waals surface area contributed by atoms with Crippen molar-refractivity contribution in [3.8, 4) is 0 Å². The molecule has 1 saturated heterocycles. The summed E-state index contributed by atoms with van der Waals surface area (Å²) in [5.41, 5.74) is 7.54. The third-order valence-corrected chi connectivity index (χ3v) is 4.97. The molecule has 0 bridgehead atoms. The number of aryl methyl sites for hydroxylation is 2. The molecule has 1 aromatic heterocycles. The van der Waals surface area contributed by atoms with Crippen LogP contribution in [0, 0.1) is 13.8 Å². The van der Waals surface area contributed by atoms with Gasteiger partial charge in [0.15, 0.2) is 0 Å². The molecule has 4 nitrogen and oxygen atoms in total. The van der Waals surface area contributed by atoms with Gasteiger partial charge in [0.25, 0.3) is 0 Å². The Bertz CT molecular complexity index is 384. The van der Waals surface area contributed by atoms with E-state index < -0.39 is 0 Å². The van der Waals surface area contributed by atoms with Crippen molar-refractivity contribution in [1.82, 2.24) is 14.8 Å². The summed E-state index contributed by atoms with van der Waals surface area (Å²) in [7, 11) is 4.35. The summed E-state index contributed by atoms with van der Waals surface area (Å²) in [6, 6.07) is 0.607. The molecule has 5 heteroatoms. The van der Waals surface area contributed by atoms with Gasteiger partial charge < -0.3 is 10.6 Å². The van der Waals surface area contributed by atoms with Crippen LogP contribution in [0.2, 0.25) is 0 Å². The van der Waals surface area contributed by atoms with Crippen LogP contribution in [0.25, 0.3) is 0 Å². The molecule has 2 heterocycles. The molecule has 0 spiro atoms. The summed E-state index contributed by atoms with van der Waals surface area (Å²) in [4.78, 5) is 10.7. The number of nitrogens with zero attached hydrogens (tertiary/aromatic N) is 3. The van der Waals surface area contributed by atoms with Crippen molar-refractivity contribution in [3.05, 3.63) is 15.6 Å². The third kappa shape index (κ3) is 3.09. The average molecular weight is 268 g/mol. The smallest absolute Gasteiger partial charge is 0.0946 e. The quantitative estimate of drug-likeness (QED) is 0.884. The fourth-order valence-electron chi connectivity index (χ4n) is 2.47. The van der Waals surface area contributed by atoms with Gasteiger partial charge in [0.05, 0.1) is 10.7 Å². The predicted octanol–water partition coefficient (Wildman–Crippen LogP) is 0.876. The Morgan fingerprint density at radius 1 is 1.39 bits per heavy atom. The number of hydrogen-bond acceptors (Lipinski definition) is 5. The zero-order chi connectivity index (χ0) is 13.3. The number of aromatic nitrogens is 1. The van der Waals surface area contributed by atoms with Gasteiger partial charge in [-0.1, -0.05) is 0 Å². The van der Waals surface area contributed by atoms with Crippen molar-refractivity contribution in [2.45, 2.75) is 32.4 Å². The molecule has 0 saturated carbocycles. The van der Waals surface area contributed by atoms with Gasteiger partial charge in [-0.05, 0) is 27.9 Å². The van der Waals surface area contributed by atoms with Gasteiger partial charge in [-0.25, -0.2) is 4.98 Å². The van der Waals surface area contributed by atoms with Crippen LogP contribution >= 0.6 is 11.3 Å². The standard InChI is InChI=1S/C13H24N4S/c1-9-10(2)18-13(15-9)7-11(14)12-8-16(3)5-6-17(12)4/h11-12H,5-8,14H2,1-4H3. The minimum Gasteiger partial charge on any atom is -0.326 e. The summed E-state index contributed by atoms with van der Waals surface area (Å²) >= 11 is 1.79. The van der Waals surface area contributed by atoms with E-state index in [1.54, 1.807) is 11.3 Å². The van der Waals surface area contributed by atoms with E-state index in [4.69, 9.17) is 5.73 Å². The van der Waals surface area contributed by atoms with Gasteiger partial charge in [0, 0.05) is 43.0 Å². The monoisotopic (exact) mass is 268 g/mol. The molecule has 2 rings (SSSR count). The molecule has 18 heavy (non-hydrogen) atoms. The molecule has 0 radical (unpaired) electrons. The summed E-state index contributed by atoms with van der Waals surface area (Å²) in [6.07, 6.45) is 0.891. The number of hydrogen-bond donors (Lipinski definition) is 1. The maximum atomic E-state index is 6.39. The summed E-state index contributed by atoms with van der Waals surface area (Å²) in [6.45, 7) is 7.49. The predicted molar refractivity (Wildman–Crippen MR) is 77.2 cm³/mol. The van der Waals surface area contributed by atoms with Crippen molar-refractivity contribution in [3.63, 3.8) is 0 Å². The lowest BCUT2D eigenvalue weighted by molar-refractivity contribution is 0.0973. The van der Waals surface area contributed by atoms with Crippen LogP contribution in [0.3, 0.4) is 0 Å². The minimum atomic E-state index is 0.169. The van der Waals surface area contributed by atoms with Crippen molar-refractivity contribution in [2.75, 3.05) is 33.7 Å². The first-order valence-electron chi connectivity index (χ1n) is 6.54. The lowest BCUT2D eigenvalue weighted by Crippen LogP contribution is -2.58. The Balaban J connectivity index is 2.00. The van der Waals surface area contributed by atoms with Crippen molar-refractivity contribution in [1.29, 1.82) is 0 Å². The van der Waals surface area contributed by atoms with Crippen LogP contribution in [-0.4, -0.2) is 60.6 Å². The van der Waals surface area contributed by atoms with Crippen LogP contribution in [0.5, 0.6) is 0 Å². The zero-order valence-electron chi connectivity index (χ0n) is 11.8. The van der Waals surface area contributed by atoms with Crippen LogP contribution in [-0.2, 0) is 6.42 Å². The molecule has 2 atom stereocenters. The van der Waals surface area contributed by atoms with Gasteiger partial charge in [-0.15, -0.1) is 11.3 Å². The number of nitrogens with two attached hydrogens (primary N) is 1. The minimum absolute atomic E-state index is 0.169. The van der Waals surface area contributed by atoms with E-state index in [1.165, 1.54) is 9.88 Å². The number of rotatable bonds is 3. The molecular formula is C13H24N4S. The Hall–Kier alpha value is -0.490. The largest absolute Gasteiger partial charge is 0.326 e. The highest BCUT2D eigenvalue weighted by Gasteiger charge is 2.28. The first-order valence-corrected chi connectivity index (χ1v) is 7.36.